The average Bonchev–Trinajstić information content (AvgIpc) is 2.29. The van der Waals surface area contributed by atoms with Crippen LogP contribution in [0.5, 0.6) is 0 Å². The van der Waals surface area contributed by atoms with E-state index in [2.05, 4.69) is 24.3 Å². The number of halogens is 1. The lowest BCUT2D eigenvalue weighted by molar-refractivity contribution is 0.133. The van der Waals surface area contributed by atoms with Crippen molar-refractivity contribution in [2.75, 3.05) is 19.1 Å². The molecule has 15 heavy (non-hydrogen) atoms. The van der Waals surface area contributed by atoms with Crippen molar-refractivity contribution in [3.05, 3.63) is 35.9 Å². The van der Waals surface area contributed by atoms with Crippen LogP contribution in [-0.4, -0.2) is 19.1 Å². The van der Waals surface area contributed by atoms with Gasteiger partial charge in [0.15, 0.2) is 0 Å². The average molecular weight is 227 g/mol. The lowest BCUT2D eigenvalue weighted by Gasteiger charge is -2.03. The van der Waals surface area contributed by atoms with Gasteiger partial charge in [-0.1, -0.05) is 30.3 Å². The first kappa shape index (κ1) is 12.5. The van der Waals surface area contributed by atoms with Crippen LogP contribution in [0.1, 0.15) is 24.8 Å². The summed E-state index contributed by atoms with van der Waals surface area (Å²) in [5.74, 6) is 0.768. The topological polar surface area (TPSA) is 9.23 Å². The fraction of sp³-hybridized carbons (Fsp3) is 0.538. The number of benzene rings is 1. The van der Waals surface area contributed by atoms with Gasteiger partial charge in [0.1, 0.15) is 0 Å². The minimum Gasteiger partial charge on any atom is -0.381 e. The fourth-order valence-corrected chi connectivity index (χ4v) is 1.60. The molecule has 0 aliphatic heterocycles. The number of rotatable bonds is 8. The van der Waals surface area contributed by atoms with Crippen molar-refractivity contribution in [3.63, 3.8) is 0 Å². The first-order valence-electron chi connectivity index (χ1n) is 5.61. The van der Waals surface area contributed by atoms with Crippen LogP contribution in [0.3, 0.4) is 0 Å². The zero-order chi connectivity index (χ0) is 10.8. The van der Waals surface area contributed by atoms with Gasteiger partial charge in [0.2, 0.25) is 0 Å². The van der Waals surface area contributed by atoms with Gasteiger partial charge in [-0.05, 0) is 31.2 Å². The van der Waals surface area contributed by atoms with Crippen molar-refractivity contribution < 1.29 is 4.74 Å². The summed E-state index contributed by atoms with van der Waals surface area (Å²) in [6.07, 6.45) is 4.41. The predicted molar refractivity (Wildman–Crippen MR) is 65.5 cm³/mol. The number of hydrogen-bond donors (Lipinski definition) is 0. The second-order valence-electron chi connectivity index (χ2n) is 3.60. The lowest BCUT2D eigenvalue weighted by atomic mass is 10.2. The Morgan fingerprint density at radius 3 is 2.47 bits per heavy atom. The second-order valence-corrected chi connectivity index (χ2v) is 3.98. The number of unbranched alkanes of at least 4 members (excludes halogenated alkanes) is 2. The molecule has 0 spiro atoms. The van der Waals surface area contributed by atoms with Gasteiger partial charge in [0, 0.05) is 12.5 Å². The van der Waals surface area contributed by atoms with Crippen LogP contribution >= 0.6 is 11.6 Å². The summed E-state index contributed by atoms with van der Waals surface area (Å²) < 4.78 is 5.54. The van der Waals surface area contributed by atoms with E-state index in [9.17, 15) is 0 Å². The summed E-state index contributed by atoms with van der Waals surface area (Å²) in [6.45, 7) is 1.69. The standard InChI is InChI=1S/C13H19ClO/c14-10-5-2-6-11-15-12-9-13-7-3-1-4-8-13/h1,3-4,7-8H,2,5-6,9-12H2. The molecule has 1 rings (SSSR count). The van der Waals surface area contributed by atoms with Crippen LogP contribution < -0.4 is 0 Å². The summed E-state index contributed by atoms with van der Waals surface area (Å²) >= 11 is 5.58. The zero-order valence-electron chi connectivity index (χ0n) is 9.12. The van der Waals surface area contributed by atoms with E-state index in [-0.39, 0.29) is 0 Å². The molecular weight excluding hydrogens is 208 g/mol. The molecule has 0 aliphatic rings. The van der Waals surface area contributed by atoms with Crippen LogP contribution in [0.2, 0.25) is 0 Å². The van der Waals surface area contributed by atoms with Crippen LogP contribution in [0.15, 0.2) is 30.3 Å². The maximum atomic E-state index is 5.58. The number of hydrogen-bond acceptors (Lipinski definition) is 1. The van der Waals surface area contributed by atoms with Crippen LogP contribution in [0, 0.1) is 0 Å². The maximum absolute atomic E-state index is 5.58. The van der Waals surface area contributed by atoms with Crippen LogP contribution in [-0.2, 0) is 11.2 Å². The molecule has 2 heteroatoms. The van der Waals surface area contributed by atoms with Crippen molar-refractivity contribution in [2.24, 2.45) is 0 Å². The summed E-state index contributed by atoms with van der Waals surface area (Å²) in [4.78, 5) is 0. The van der Waals surface area contributed by atoms with Crippen LogP contribution in [0.4, 0.5) is 0 Å². The van der Waals surface area contributed by atoms with Gasteiger partial charge in [0.25, 0.3) is 0 Å². The van der Waals surface area contributed by atoms with Gasteiger partial charge in [-0.2, -0.15) is 0 Å². The van der Waals surface area contributed by atoms with E-state index in [1.54, 1.807) is 0 Å². The smallest absolute Gasteiger partial charge is 0.0506 e. The molecule has 0 heterocycles. The minimum atomic E-state index is 0.768. The van der Waals surface area contributed by atoms with E-state index in [4.69, 9.17) is 16.3 Å². The second kappa shape index (κ2) is 8.75. The van der Waals surface area contributed by atoms with E-state index < -0.39 is 0 Å². The van der Waals surface area contributed by atoms with Gasteiger partial charge < -0.3 is 4.74 Å². The van der Waals surface area contributed by atoms with E-state index in [1.807, 2.05) is 6.07 Å². The van der Waals surface area contributed by atoms with E-state index >= 15 is 0 Å². The van der Waals surface area contributed by atoms with E-state index in [1.165, 1.54) is 12.0 Å². The summed E-state index contributed by atoms with van der Waals surface area (Å²) in [5.41, 5.74) is 1.35. The monoisotopic (exact) mass is 226 g/mol. The van der Waals surface area contributed by atoms with Gasteiger partial charge in [0.05, 0.1) is 6.61 Å². The molecule has 0 N–H and O–H groups in total. The molecule has 0 fully saturated rings. The SMILES string of the molecule is ClCCCCCOCCc1ccccc1. The fourth-order valence-electron chi connectivity index (χ4n) is 1.41. The molecule has 0 amide bonds. The summed E-state index contributed by atoms with van der Waals surface area (Å²) in [6, 6.07) is 10.4. The predicted octanol–water partition coefficient (Wildman–Crippen LogP) is 3.65. The first-order valence-corrected chi connectivity index (χ1v) is 6.14. The highest BCUT2D eigenvalue weighted by atomic mass is 35.5. The third-order valence-electron chi connectivity index (χ3n) is 2.30. The molecule has 0 saturated heterocycles. The lowest BCUT2D eigenvalue weighted by Crippen LogP contribution is -2.00. The molecule has 0 aromatic heterocycles. The molecule has 0 radical (unpaired) electrons. The molecule has 1 nitrogen and oxygen atoms in total. The summed E-state index contributed by atoms with van der Waals surface area (Å²) in [7, 11) is 0. The first-order chi connectivity index (χ1) is 7.43. The van der Waals surface area contributed by atoms with Crippen molar-refractivity contribution in [2.45, 2.75) is 25.7 Å². The third-order valence-corrected chi connectivity index (χ3v) is 2.57. The maximum Gasteiger partial charge on any atom is 0.0506 e. The Hall–Kier alpha value is -0.530. The van der Waals surface area contributed by atoms with Gasteiger partial charge >= 0.3 is 0 Å². The molecule has 1 aromatic rings. The molecule has 0 atom stereocenters. The molecule has 84 valence electrons. The Morgan fingerprint density at radius 2 is 1.73 bits per heavy atom. The Kier molecular flexibility index (Phi) is 7.32. The van der Waals surface area contributed by atoms with Gasteiger partial charge in [-0.3, -0.25) is 0 Å². The molecule has 0 saturated carbocycles. The molecule has 0 aliphatic carbocycles. The van der Waals surface area contributed by atoms with Gasteiger partial charge in [-0.15, -0.1) is 11.6 Å². The van der Waals surface area contributed by atoms with Crippen LogP contribution in [0.25, 0.3) is 0 Å². The Bertz CT molecular complexity index is 236. The quantitative estimate of drug-likeness (QED) is 0.486. The van der Waals surface area contributed by atoms with E-state index in [0.717, 1.165) is 38.4 Å². The minimum absolute atomic E-state index is 0.768. The van der Waals surface area contributed by atoms with Crippen molar-refractivity contribution in [1.29, 1.82) is 0 Å². The Labute approximate surface area is 97.4 Å². The largest absolute Gasteiger partial charge is 0.381 e. The number of alkyl halides is 1. The van der Waals surface area contributed by atoms with Crippen molar-refractivity contribution >= 4 is 11.6 Å². The normalized spacial score (nSPS) is 10.5. The molecule has 1 aromatic carbocycles. The highest BCUT2D eigenvalue weighted by Gasteiger charge is 1.92. The van der Waals surface area contributed by atoms with Crippen molar-refractivity contribution in [3.8, 4) is 0 Å². The Morgan fingerprint density at radius 1 is 0.933 bits per heavy atom. The van der Waals surface area contributed by atoms with Gasteiger partial charge in [-0.25, -0.2) is 0 Å². The molecular formula is C13H19ClO. The number of ether oxygens (including phenoxy) is 1. The highest BCUT2D eigenvalue weighted by Crippen LogP contribution is 2.01. The third kappa shape index (κ3) is 6.53. The van der Waals surface area contributed by atoms with E-state index in [0.29, 0.717) is 0 Å². The zero-order valence-corrected chi connectivity index (χ0v) is 9.88. The Balaban J connectivity index is 1.93. The van der Waals surface area contributed by atoms with Crippen molar-refractivity contribution in [1.82, 2.24) is 0 Å². The highest BCUT2D eigenvalue weighted by molar-refractivity contribution is 6.17. The molecule has 0 unspecified atom stereocenters. The molecule has 0 bridgehead atoms. The summed E-state index contributed by atoms with van der Waals surface area (Å²) in [5, 5.41) is 0.